The normalized spacial score (nSPS) is 21.0. The highest BCUT2D eigenvalue weighted by Gasteiger charge is 2.32. The summed E-state index contributed by atoms with van der Waals surface area (Å²) in [5.74, 6) is 0.263. The summed E-state index contributed by atoms with van der Waals surface area (Å²) in [5.41, 5.74) is 0.745. The fraction of sp³-hybridized carbons (Fsp3) is 0.455. The molecular weight excluding hydrogens is 324 g/mol. The number of piperidine rings is 2. The minimum atomic E-state index is -0.0409. The second kappa shape index (κ2) is 7.48. The molecule has 2 heterocycles. The fourth-order valence-electron chi connectivity index (χ4n) is 4.32. The van der Waals surface area contributed by atoms with Gasteiger partial charge in [-0.15, -0.1) is 0 Å². The maximum Gasteiger partial charge on any atom is 0.254 e. The van der Waals surface area contributed by atoms with E-state index in [1.807, 2.05) is 52.3 Å². The van der Waals surface area contributed by atoms with E-state index < -0.39 is 0 Å². The van der Waals surface area contributed by atoms with Crippen LogP contribution >= 0.6 is 0 Å². The predicted octanol–water partition coefficient (Wildman–Crippen LogP) is 3.70. The van der Waals surface area contributed by atoms with Gasteiger partial charge in [-0.25, -0.2) is 0 Å². The summed E-state index contributed by atoms with van der Waals surface area (Å²) in [4.78, 5) is 29.9. The van der Waals surface area contributed by atoms with E-state index in [0.717, 1.165) is 61.7 Å². The van der Waals surface area contributed by atoms with Crippen LogP contribution in [0.2, 0.25) is 0 Å². The van der Waals surface area contributed by atoms with Crippen molar-refractivity contribution in [3.8, 4) is 0 Å². The van der Waals surface area contributed by atoms with Crippen molar-refractivity contribution in [3.05, 3.63) is 48.0 Å². The molecule has 1 atom stereocenters. The largest absolute Gasteiger partial charge is 0.342 e. The molecule has 2 aliphatic heterocycles. The molecule has 4 rings (SSSR count). The van der Waals surface area contributed by atoms with Crippen LogP contribution in [0.3, 0.4) is 0 Å². The molecule has 136 valence electrons. The number of likely N-dealkylation sites (tertiary alicyclic amines) is 2. The van der Waals surface area contributed by atoms with Gasteiger partial charge in [0.1, 0.15) is 0 Å². The number of fused-ring (bicyclic) bond motifs is 1. The molecule has 2 saturated heterocycles. The molecule has 2 aromatic rings. The molecular formula is C22H26N2O2. The van der Waals surface area contributed by atoms with Gasteiger partial charge >= 0.3 is 0 Å². The van der Waals surface area contributed by atoms with Crippen molar-refractivity contribution in [2.45, 2.75) is 32.1 Å². The van der Waals surface area contributed by atoms with E-state index in [1.54, 1.807) is 0 Å². The molecule has 4 nitrogen and oxygen atoms in total. The average Bonchev–Trinajstić information content (AvgIpc) is 2.73. The Kier molecular flexibility index (Phi) is 4.91. The number of hydrogen-bond acceptors (Lipinski definition) is 2. The summed E-state index contributed by atoms with van der Waals surface area (Å²) in [6, 6.07) is 13.9. The molecule has 2 aromatic carbocycles. The molecule has 0 bridgehead atoms. The maximum absolute atomic E-state index is 13.2. The smallest absolute Gasteiger partial charge is 0.254 e. The summed E-state index contributed by atoms with van der Waals surface area (Å²) in [5, 5.41) is 2.07. The van der Waals surface area contributed by atoms with E-state index in [2.05, 4.69) is 0 Å². The predicted molar refractivity (Wildman–Crippen MR) is 103 cm³/mol. The van der Waals surface area contributed by atoms with Crippen LogP contribution in [0.25, 0.3) is 10.8 Å². The minimum Gasteiger partial charge on any atom is -0.342 e. The lowest BCUT2D eigenvalue weighted by Crippen LogP contribution is -2.47. The van der Waals surface area contributed by atoms with E-state index in [1.165, 1.54) is 6.42 Å². The number of amides is 2. The van der Waals surface area contributed by atoms with Gasteiger partial charge in [0, 0.05) is 31.7 Å². The lowest BCUT2D eigenvalue weighted by atomic mass is 9.94. The highest BCUT2D eigenvalue weighted by atomic mass is 16.2. The third kappa shape index (κ3) is 3.33. The van der Waals surface area contributed by atoms with Gasteiger partial charge in [0.2, 0.25) is 5.91 Å². The monoisotopic (exact) mass is 350 g/mol. The van der Waals surface area contributed by atoms with Gasteiger partial charge in [0.05, 0.1) is 5.92 Å². The molecule has 0 aliphatic carbocycles. The molecule has 2 amide bonds. The van der Waals surface area contributed by atoms with Crippen molar-refractivity contribution in [2.24, 2.45) is 5.92 Å². The molecule has 2 fully saturated rings. The van der Waals surface area contributed by atoms with E-state index >= 15 is 0 Å². The van der Waals surface area contributed by atoms with E-state index in [0.29, 0.717) is 6.54 Å². The number of carbonyl (C=O) groups is 2. The lowest BCUT2D eigenvalue weighted by Gasteiger charge is -2.36. The maximum atomic E-state index is 13.2. The number of benzene rings is 2. The van der Waals surface area contributed by atoms with Gasteiger partial charge in [-0.3, -0.25) is 9.59 Å². The van der Waals surface area contributed by atoms with Gasteiger partial charge < -0.3 is 9.80 Å². The SMILES string of the molecule is O=C(c1cccc2ccccc12)N1CCCC(C(=O)N2CCCCC2)C1. The van der Waals surface area contributed by atoms with Crippen molar-refractivity contribution in [1.82, 2.24) is 9.80 Å². The van der Waals surface area contributed by atoms with Crippen molar-refractivity contribution < 1.29 is 9.59 Å². The minimum absolute atomic E-state index is 0.0409. The number of hydrogen-bond donors (Lipinski definition) is 0. The van der Waals surface area contributed by atoms with Crippen molar-refractivity contribution in [1.29, 1.82) is 0 Å². The quantitative estimate of drug-likeness (QED) is 0.828. The standard InChI is InChI=1S/C22H26N2O2/c25-21(23-13-4-1-5-14-23)18-10-7-15-24(16-18)22(26)20-12-6-9-17-8-2-3-11-19(17)20/h2-3,6,8-9,11-12,18H,1,4-5,7,10,13-16H2. The van der Waals surface area contributed by atoms with Gasteiger partial charge in [0.25, 0.3) is 5.91 Å². The van der Waals surface area contributed by atoms with Gasteiger partial charge in [0.15, 0.2) is 0 Å². The molecule has 1 unspecified atom stereocenters. The molecule has 0 N–H and O–H groups in total. The van der Waals surface area contributed by atoms with Crippen LogP contribution in [0, 0.1) is 5.92 Å². The molecule has 2 aliphatic rings. The second-order valence-corrected chi connectivity index (χ2v) is 7.50. The van der Waals surface area contributed by atoms with Crippen LogP contribution in [-0.4, -0.2) is 47.8 Å². The van der Waals surface area contributed by atoms with E-state index in [4.69, 9.17) is 0 Å². The Morgan fingerprint density at radius 1 is 0.808 bits per heavy atom. The Morgan fingerprint density at radius 3 is 2.38 bits per heavy atom. The lowest BCUT2D eigenvalue weighted by molar-refractivity contribution is -0.137. The van der Waals surface area contributed by atoms with Crippen LogP contribution in [0.5, 0.6) is 0 Å². The van der Waals surface area contributed by atoms with Gasteiger partial charge in [-0.2, -0.15) is 0 Å². The Labute approximate surface area is 154 Å². The molecule has 0 aromatic heterocycles. The third-order valence-electron chi connectivity index (χ3n) is 5.75. The summed E-state index contributed by atoms with van der Waals surface area (Å²) in [7, 11) is 0. The van der Waals surface area contributed by atoms with Gasteiger partial charge in [-0.1, -0.05) is 36.4 Å². The van der Waals surface area contributed by atoms with Crippen LogP contribution < -0.4 is 0 Å². The summed E-state index contributed by atoms with van der Waals surface area (Å²) < 4.78 is 0. The van der Waals surface area contributed by atoms with Crippen LogP contribution in [0.4, 0.5) is 0 Å². The molecule has 4 heteroatoms. The zero-order chi connectivity index (χ0) is 17.9. The van der Waals surface area contributed by atoms with Crippen molar-refractivity contribution >= 4 is 22.6 Å². The molecule has 0 radical (unpaired) electrons. The molecule has 0 saturated carbocycles. The first-order chi connectivity index (χ1) is 12.7. The van der Waals surface area contributed by atoms with Crippen molar-refractivity contribution in [3.63, 3.8) is 0 Å². The van der Waals surface area contributed by atoms with Crippen molar-refractivity contribution in [2.75, 3.05) is 26.2 Å². The highest BCUT2D eigenvalue weighted by Crippen LogP contribution is 2.25. The number of rotatable bonds is 2. The summed E-state index contributed by atoms with van der Waals surface area (Å²) in [6.07, 6.45) is 5.24. The van der Waals surface area contributed by atoms with Crippen LogP contribution in [0.15, 0.2) is 42.5 Å². The first kappa shape index (κ1) is 17.1. The highest BCUT2D eigenvalue weighted by molar-refractivity contribution is 6.07. The first-order valence-corrected chi connectivity index (χ1v) is 9.80. The topological polar surface area (TPSA) is 40.6 Å². The van der Waals surface area contributed by atoms with E-state index in [-0.39, 0.29) is 17.7 Å². The third-order valence-corrected chi connectivity index (χ3v) is 5.75. The second-order valence-electron chi connectivity index (χ2n) is 7.50. The molecule has 0 spiro atoms. The molecule has 26 heavy (non-hydrogen) atoms. The Balaban J connectivity index is 1.52. The Morgan fingerprint density at radius 2 is 1.54 bits per heavy atom. The fourth-order valence-corrected chi connectivity index (χ4v) is 4.32. The summed E-state index contributed by atoms with van der Waals surface area (Å²) in [6.45, 7) is 3.06. The summed E-state index contributed by atoms with van der Waals surface area (Å²) >= 11 is 0. The number of carbonyl (C=O) groups excluding carboxylic acids is 2. The first-order valence-electron chi connectivity index (χ1n) is 9.80. The Hall–Kier alpha value is -2.36. The van der Waals surface area contributed by atoms with Crippen LogP contribution in [0.1, 0.15) is 42.5 Å². The van der Waals surface area contributed by atoms with Crippen LogP contribution in [-0.2, 0) is 4.79 Å². The zero-order valence-electron chi connectivity index (χ0n) is 15.2. The Bertz CT molecular complexity index is 805. The average molecular weight is 350 g/mol. The zero-order valence-corrected chi connectivity index (χ0v) is 15.2. The van der Waals surface area contributed by atoms with Gasteiger partial charge in [-0.05, 0) is 48.9 Å². The number of nitrogens with zero attached hydrogens (tertiary/aromatic N) is 2. The van der Waals surface area contributed by atoms with E-state index in [9.17, 15) is 9.59 Å².